The molecule has 1 atom stereocenters. The van der Waals surface area contributed by atoms with E-state index < -0.39 is 9.84 Å². The van der Waals surface area contributed by atoms with E-state index >= 15 is 0 Å². The van der Waals surface area contributed by atoms with Crippen LogP contribution in [0.5, 0.6) is 0 Å². The summed E-state index contributed by atoms with van der Waals surface area (Å²) in [6.45, 7) is 3.82. The lowest BCUT2D eigenvalue weighted by molar-refractivity contribution is 0.563. The zero-order valence-electron chi connectivity index (χ0n) is 10.5. The summed E-state index contributed by atoms with van der Waals surface area (Å²) >= 11 is 0. The largest absolute Gasteiger partial charge is 0.353 e. The van der Waals surface area contributed by atoms with Crippen molar-refractivity contribution in [2.75, 3.05) is 17.3 Å². The molecule has 17 heavy (non-hydrogen) atoms. The summed E-state index contributed by atoms with van der Waals surface area (Å²) in [5, 5.41) is 3.33. The van der Waals surface area contributed by atoms with E-state index in [1.165, 1.54) is 19.1 Å². The van der Waals surface area contributed by atoms with Crippen LogP contribution in [-0.4, -0.2) is 36.0 Å². The maximum Gasteiger partial charge on any atom is 0.203 e. The molecular formula is C11H19N3O2S. The molecule has 96 valence electrons. The van der Waals surface area contributed by atoms with Crippen LogP contribution in [0.3, 0.4) is 0 Å². The predicted molar refractivity (Wildman–Crippen MR) is 68.0 cm³/mol. The summed E-state index contributed by atoms with van der Waals surface area (Å²) in [6.07, 6.45) is 5.51. The van der Waals surface area contributed by atoms with Gasteiger partial charge in [-0.3, -0.25) is 0 Å². The first-order valence-corrected chi connectivity index (χ1v) is 7.91. The first-order chi connectivity index (χ1) is 7.85. The predicted octanol–water partition coefficient (Wildman–Crippen LogP) is 1.37. The van der Waals surface area contributed by atoms with Crippen LogP contribution in [0.4, 0.5) is 5.95 Å². The highest BCUT2D eigenvalue weighted by Crippen LogP contribution is 2.26. The molecule has 0 radical (unpaired) electrons. The minimum atomic E-state index is -2.97. The number of nitrogens with zero attached hydrogens (tertiary/aromatic N) is 2. The van der Waals surface area contributed by atoms with Crippen LogP contribution in [0, 0.1) is 6.92 Å². The number of nitrogens with one attached hydrogen (secondary N) is 1. The van der Waals surface area contributed by atoms with Gasteiger partial charge in [0.2, 0.25) is 5.95 Å². The van der Waals surface area contributed by atoms with Crippen molar-refractivity contribution in [2.24, 2.45) is 0 Å². The second-order valence-corrected chi connectivity index (χ2v) is 7.16. The molecular weight excluding hydrogens is 238 g/mol. The number of imidazole rings is 1. The smallest absolute Gasteiger partial charge is 0.203 e. The van der Waals surface area contributed by atoms with E-state index in [-0.39, 0.29) is 11.8 Å². The molecule has 5 nitrogen and oxygen atoms in total. The standard InChI is InChI=1S/C11H19N3O2S/c1-8-6-14(9(2)7-17(3,15)16)11(12-8)13-10-4-5-10/h6,9-10H,4-5,7H2,1-3H3,(H,12,13). The molecule has 0 amide bonds. The van der Waals surface area contributed by atoms with Gasteiger partial charge in [-0.1, -0.05) is 0 Å². The van der Waals surface area contributed by atoms with Gasteiger partial charge in [-0.2, -0.15) is 0 Å². The molecule has 0 saturated heterocycles. The zero-order valence-corrected chi connectivity index (χ0v) is 11.3. The molecule has 1 aliphatic carbocycles. The molecule has 6 heteroatoms. The summed E-state index contributed by atoms with van der Waals surface area (Å²) < 4.78 is 24.6. The quantitative estimate of drug-likeness (QED) is 0.865. The van der Waals surface area contributed by atoms with Crippen LogP contribution >= 0.6 is 0 Å². The molecule has 0 spiro atoms. The van der Waals surface area contributed by atoms with E-state index in [2.05, 4.69) is 10.3 Å². The highest BCUT2D eigenvalue weighted by atomic mass is 32.2. The Morgan fingerprint density at radius 1 is 1.59 bits per heavy atom. The van der Waals surface area contributed by atoms with Crippen molar-refractivity contribution in [1.29, 1.82) is 0 Å². The van der Waals surface area contributed by atoms with Gasteiger partial charge >= 0.3 is 0 Å². The lowest BCUT2D eigenvalue weighted by Gasteiger charge is -2.15. The van der Waals surface area contributed by atoms with Crippen LogP contribution in [0.1, 0.15) is 31.5 Å². The number of rotatable bonds is 5. The Hall–Kier alpha value is -1.04. The lowest BCUT2D eigenvalue weighted by atomic mass is 10.4. The Morgan fingerprint density at radius 3 is 2.76 bits per heavy atom. The van der Waals surface area contributed by atoms with Gasteiger partial charge in [-0.05, 0) is 26.7 Å². The minimum Gasteiger partial charge on any atom is -0.353 e. The topological polar surface area (TPSA) is 64.0 Å². The minimum absolute atomic E-state index is 0.0903. The van der Waals surface area contributed by atoms with Crippen molar-refractivity contribution in [3.8, 4) is 0 Å². The Morgan fingerprint density at radius 2 is 2.24 bits per heavy atom. The molecule has 1 unspecified atom stereocenters. The summed E-state index contributed by atoms with van der Waals surface area (Å²) in [4.78, 5) is 4.40. The third kappa shape index (κ3) is 3.46. The van der Waals surface area contributed by atoms with E-state index in [4.69, 9.17) is 0 Å². The maximum atomic E-state index is 11.3. The van der Waals surface area contributed by atoms with Gasteiger partial charge in [0, 0.05) is 24.5 Å². The van der Waals surface area contributed by atoms with Gasteiger partial charge in [0.05, 0.1) is 11.4 Å². The lowest BCUT2D eigenvalue weighted by Crippen LogP contribution is -2.18. The first kappa shape index (κ1) is 12.4. The number of hydrogen-bond acceptors (Lipinski definition) is 4. The Kier molecular flexibility index (Phi) is 3.16. The van der Waals surface area contributed by atoms with Crippen molar-refractivity contribution in [1.82, 2.24) is 9.55 Å². The van der Waals surface area contributed by atoms with Crippen molar-refractivity contribution < 1.29 is 8.42 Å². The number of sulfone groups is 1. The second kappa shape index (κ2) is 4.33. The van der Waals surface area contributed by atoms with Crippen molar-refractivity contribution in [3.05, 3.63) is 11.9 Å². The van der Waals surface area contributed by atoms with Crippen molar-refractivity contribution in [2.45, 2.75) is 38.8 Å². The molecule has 1 saturated carbocycles. The summed E-state index contributed by atoms with van der Waals surface area (Å²) in [6, 6.07) is 0.424. The summed E-state index contributed by atoms with van der Waals surface area (Å²) in [5.74, 6) is 0.934. The monoisotopic (exact) mass is 257 g/mol. The fourth-order valence-corrected chi connectivity index (χ4v) is 2.92. The summed E-state index contributed by atoms with van der Waals surface area (Å²) in [7, 11) is -2.97. The number of aromatic nitrogens is 2. The Labute approximate surface area is 102 Å². The molecule has 1 aromatic heterocycles. The Balaban J connectivity index is 2.17. The molecule has 1 fully saturated rings. The van der Waals surface area contributed by atoms with E-state index in [0.29, 0.717) is 6.04 Å². The Bertz CT molecular complexity index is 503. The molecule has 2 rings (SSSR count). The molecule has 0 aliphatic heterocycles. The van der Waals surface area contributed by atoms with Gasteiger partial charge < -0.3 is 9.88 Å². The number of aryl methyl sites for hydroxylation is 1. The SMILES string of the molecule is Cc1cn(C(C)CS(C)(=O)=O)c(NC2CC2)n1. The fraction of sp³-hybridized carbons (Fsp3) is 0.727. The van der Waals surface area contributed by atoms with Gasteiger partial charge in [-0.15, -0.1) is 0 Å². The van der Waals surface area contributed by atoms with Gasteiger partial charge in [0.25, 0.3) is 0 Å². The number of anilines is 1. The third-order valence-electron chi connectivity index (χ3n) is 2.78. The van der Waals surface area contributed by atoms with Crippen LogP contribution in [0.15, 0.2) is 6.20 Å². The molecule has 1 heterocycles. The summed E-state index contributed by atoms with van der Waals surface area (Å²) in [5.41, 5.74) is 0.911. The molecule has 0 aromatic carbocycles. The van der Waals surface area contributed by atoms with Crippen LogP contribution in [0.2, 0.25) is 0 Å². The van der Waals surface area contributed by atoms with E-state index in [9.17, 15) is 8.42 Å². The third-order valence-corrected chi connectivity index (χ3v) is 3.87. The molecule has 0 bridgehead atoms. The van der Waals surface area contributed by atoms with Crippen LogP contribution in [0.25, 0.3) is 0 Å². The van der Waals surface area contributed by atoms with E-state index in [0.717, 1.165) is 11.6 Å². The van der Waals surface area contributed by atoms with Crippen molar-refractivity contribution in [3.63, 3.8) is 0 Å². The van der Waals surface area contributed by atoms with Crippen LogP contribution in [-0.2, 0) is 9.84 Å². The van der Waals surface area contributed by atoms with E-state index in [1.54, 1.807) is 0 Å². The van der Waals surface area contributed by atoms with Gasteiger partial charge in [-0.25, -0.2) is 13.4 Å². The van der Waals surface area contributed by atoms with Gasteiger partial charge in [0.1, 0.15) is 9.84 Å². The first-order valence-electron chi connectivity index (χ1n) is 5.85. The fourth-order valence-electron chi connectivity index (χ4n) is 1.89. The van der Waals surface area contributed by atoms with Gasteiger partial charge in [0.15, 0.2) is 0 Å². The van der Waals surface area contributed by atoms with Crippen molar-refractivity contribution >= 4 is 15.8 Å². The zero-order chi connectivity index (χ0) is 12.6. The highest BCUT2D eigenvalue weighted by molar-refractivity contribution is 7.90. The molecule has 1 N–H and O–H groups in total. The van der Waals surface area contributed by atoms with Crippen LogP contribution < -0.4 is 5.32 Å². The molecule has 1 aromatic rings. The van der Waals surface area contributed by atoms with E-state index in [1.807, 2.05) is 24.6 Å². The molecule has 1 aliphatic rings. The maximum absolute atomic E-state index is 11.3. The normalized spacial score (nSPS) is 18.1. The average molecular weight is 257 g/mol. The highest BCUT2D eigenvalue weighted by Gasteiger charge is 2.24. The average Bonchev–Trinajstić information content (AvgIpc) is 2.86. The second-order valence-electron chi connectivity index (χ2n) is 4.97. The number of hydrogen-bond donors (Lipinski definition) is 1.